The fourth-order valence-corrected chi connectivity index (χ4v) is 2.29. The van der Waals surface area contributed by atoms with Gasteiger partial charge in [0.05, 0.1) is 6.08 Å². The van der Waals surface area contributed by atoms with Gasteiger partial charge in [-0.2, -0.15) is 0 Å². The molecule has 106 valence electrons. The van der Waals surface area contributed by atoms with Crippen LogP contribution in [0.4, 0.5) is 0 Å². The standard InChI is InChI=1S/C16H18O4/c1-16(2)19-14(11-15(18)20-16)10-13(8-9-17)12-6-4-3-5-7-12/h3-7,9,11,13H,8,10H2,1-2H3. The molecule has 4 nitrogen and oxygen atoms in total. The molecular formula is C16H18O4. The summed E-state index contributed by atoms with van der Waals surface area (Å²) in [6.45, 7) is 3.38. The SMILES string of the molecule is CC1(C)OC(=O)C=C(CC(CC=O)c2ccccc2)O1. The first kappa shape index (κ1) is 14.3. The van der Waals surface area contributed by atoms with Crippen molar-refractivity contribution in [2.75, 3.05) is 0 Å². The molecule has 0 radical (unpaired) electrons. The second kappa shape index (κ2) is 5.90. The Morgan fingerprint density at radius 2 is 1.90 bits per heavy atom. The molecule has 0 saturated carbocycles. The van der Waals surface area contributed by atoms with Crippen LogP contribution in [-0.4, -0.2) is 18.0 Å². The molecular weight excluding hydrogens is 256 g/mol. The average molecular weight is 274 g/mol. The second-order valence-corrected chi connectivity index (χ2v) is 5.25. The van der Waals surface area contributed by atoms with Crippen LogP contribution in [0.1, 0.15) is 38.2 Å². The summed E-state index contributed by atoms with van der Waals surface area (Å²) in [7, 11) is 0. The third kappa shape index (κ3) is 3.70. The van der Waals surface area contributed by atoms with Gasteiger partial charge in [0.25, 0.3) is 0 Å². The Morgan fingerprint density at radius 1 is 1.20 bits per heavy atom. The van der Waals surface area contributed by atoms with E-state index in [1.807, 2.05) is 30.3 Å². The normalized spacial score (nSPS) is 18.5. The summed E-state index contributed by atoms with van der Waals surface area (Å²) in [5, 5.41) is 0. The third-order valence-electron chi connectivity index (χ3n) is 3.10. The van der Waals surface area contributed by atoms with Gasteiger partial charge in [-0.25, -0.2) is 4.79 Å². The molecule has 1 aliphatic rings. The highest BCUT2D eigenvalue weighted by atomic mass is 16.7. The van der Waals surface area contributed by atoms with Crippen molar-refractivity contribution in [2.24, 2.45) is 0 Å². The lowest BCUT2D eigenvalue weighted by molar-refractivity contribution is -0.206. The molecule has 2 rings (SSSR count). The van der Waals surface area contributed by atoms with Gasteiger partial charge in [0.2, 0.25) is 5.79 Å². The lowest BCUT2D eigenvalue weighted by atomic mass is 9.92. The highest BCUT2D eigenvalue weighted by molar-refractivity contribution is 5.83. The van der Waals surface area contributed by atoms with Crippen LogP contribution in [0.15, 0.2) is 42.2 Å². The van der Waals surface area contributed by atoms with Crippen LogP contribution in [0.25, 0.3) is 0 Å². The zero-order valence-electron chi connectivity index (χ0n) is 11.7. The average Bonchev–Trinajstić information content (AvgIpc) is 2.37. The molecule has 1 atom stereocenters. The third-order valence-corrected chi connectivity index (χ3v) is 3.10. The number of hydrogen-bond donors (Lipinski definition) is 0. The van der Waals surface area contributed by atoms with Crippen LogP contribution in [-0.2, 0) is 19.1 Å². The maximum atomic E-state index is 11.5. The first-order valence-electron chi connectivity index (χ1n) is 6.61. The van der Waals surface area contributed by atoms with Crippen molar-refractivity contribution in [1.82, 2.24) is 0 Å². The zero-order valence-corrected chi connectivity index (χ0v) is 11.7. The number of rotatable bonds is 5. The summed E-state index contributed by atoms with van der Waals surface area (Å²) < 4.78 is 10.7. The van der Waals surface area contributed by atoms with Gasteiger partial charge in [-0.1, -0.05) is 30.3 Å². The lowest BCUT2D eigenvalue weighted by Crippen LogP contribution is -2.34. The molecule has 0 N–H and O–H groups in total. The second-order valence-electron chi connectivity index (χ2n) is 5.25. The number of hydrogen-bond acceptors (Lipinski definition) is 4. The van der Waals surface area contributed by atoms with Crippen molar-refractivity contribution in [1.29, 1.82) is 0 Å². The van der Waals surface area contributed by atoms with Crippen molar-refractivity contribution < 1.29 is 19.1 Å². The summed E-state index contributed by atoms with van der Waals surface area (Å²) in [5.41, 5.74) is 1.06. The fourth-order valence-electron chi connectivity index (χ4n) is 2.29. The number of cyclic esters (lactones) is 1. The molecule has 0 bridgehead atoms. The van der Waals surface area contributed by atoms with E-state index in [4.69, 9.17) is 9.47 Å². The van der Waals surface area contributed by atoms with Crippen LogP contribution >= 0.6 is 0 Å². The van der Waals surface area contributed by atoms with Crippen LogP contribution in [0.3, 0.4) is 0 Å². The van der Waals surface area contributed by atoms with Gasteiger partial charge >= 0.3 is 5.97 Å². The Hall–Kier alpha value is -2.10. The Morgan fingerprint density at radius 3 is 2.50 bits per heavy atom. The van der Waals surface area contributed by atoms with E-state index in [9.17, 15) is 9.59 Å². The van der Waals surface area contributed by atoms with Crippen molar-refractivity contribution in [3.8, 4) is 0 Å². The monoisotopic (exact) mass is 274 g/mol. The van der Waals surface area contributed by atoms with Crippen molar-refractivity contribution in [3.63, 3.8) is 0 Å². The first-order chi connectivity index (χ1) is 9.50. The molecule has 1 unspecified atom stereocenters. The van der Waals surface area contributed by atoms with Gasteiger partial charge in [-0.05, 0) is 11.5 Å². The number of esters is 1. The highest BCUT2D eigenvalue weighted by Crippen LogP contribution is 2.31. The Kier molecular flexibility index (Phi) is 4.23. The van der Waals surface area contributed by atoms with Crippen molar-refractivity contribution >= 4 is 12.3 Å². The molecule has 0 aliphatic carbocycles. The lowest BCUT2D eigenvalue weighted by Gasteiger charge is -2.31. The quantitative estimate of drug-likeness (QED) is 0.612. The van der Waals surface area contributed by atoms with E-state index in [1.165, 1.54) is 6.08 Å². The maximum absolute atomic E-state index is 11.5. The molecule has 1 aromatic rings. The van der Waals surface area contributed by atoms with E-state index in [0.717, 1.165) is 11.8 Å². The Bertz CT molecular complexity index is 517. The summed E-state index contributed by atoms with van der Waals surface area (Å²) in [6.07, 6.45) is 3.14. The Labute approximate surface area is 118 Å². The maximum Gasteiger partial charge on any atom is 0.337 e. The summed E-state index contributed by atoms with van der Waals surface area (Å²) in [4.78, 5) is 22.4. The number of ether oxygens (including phenoxy) is 2. The first-order valence-corrected chi connectivity index (χ1v) is 6.61. The fraction of sp³-hybridized carbons (Fsp3) is 0.375. The van der Waals surface area contributed by atoms with E-state index in [0.29, 0.717) is 18.6 Å². The van der Waals surface area contributed by atoms with Gasteiger partial charge in [0.1, 0.15) is 12.0 Å². The van der Waals surface area contributed by atoms with Gasteiger partial charge in [-0.3, -0.25) is 0 Å². The van der Waals surface area contributed by atoms with Crippen LogP contribution in [0, 0.1) is 0 Å². The molecule has 20 heavy (non-hydrogen) atoms. The summed E-state index contributed by atoms with van der Waals surface area (Å²) >= 11 is 0. The minimum Gasteiger partial charge on any atom is -0.457 e. The number of carbonyl (C=O) groups excluding carboxylic acids is 2. The molecule has 0 spiro atoms. The molecule has 1 aromatic carbocycles. The Balaban J connectivity index is 2.16. The van der Waals surface area contributed by atoms with Crippen molar-refractivity contribution in [2.45, 2.75) is 38.4 Å². The van der Waals surface area contributed by atoms with E-state index < -0.39 is 11.8 Å². The largest absolute Gasteiger partial charge is 0.457 e. The van der Waals surface area contributed by atoms with E-state index in [-0.39, 0.29) is 5.92 Å². The van der Waals surface area contributed by atoms with Crippen molar-refractivity contribution in [3.05, 3.63) is 47.7 Å². The molecule has 1 heterocycles. The number of allylic oxidation sites excluding steroid dienone is 1. The predicted octanol–water partition coefficient (Wildman–Crippen LogP) is 2.94. The van der Waals surface area contributed by atoms with Crippen LogP contribution in [0.5, 0.6) is 0 Å². The number of carbonyl (C=O) groups is 2. The number of aldehydes is 1. The van der Waals surface area contributed by atoms with Crippen LogP contribution < -0.4 is 0 Å². The molecule has 1 aliphatic heterocycles. The minimum absolute atomic E-state index is 0.00153. The van der Waals surface area contributed by atoms with E-state index in [2.05, 4.69) is 0 Å². The summed E-state index contributed by atoms with van der Waals surface area (Å²) in [5.74, 6) is -0.804. The topological polar surface area (TPSA) is 52.6 Å². The molecule has 0 amide bonds. The zero-order chi connectivity index (χ0) is 14.6. The number of benzene rings is 1. The van der Waals surface area contributed by atoms with Crippen LogP contribution in [0.2, 0.25) is 0 Å². The van der Waals surface area contributed by atoms with Gasteiger partial charge in [0.15, 0.2) is 0 Å². The minimum atomic E-state index is -0.955. The highest BCUT2D eigenvalue weighted by Gasteiger charge is 2.31. The molecule has 4 heteroatoms. The van der Waals surface area contributed by atoms with Gasteiger partial charge in [-0.15, -0.1) is 0 Å². The molecule has 0 fully saturated rings. The van der Waals surface area contributed by atoms with Gasteiger partial charge in [0, 0.05) is 26.7 Å². The van der Waals surface area contributed by atoms with Gasteiger partial charge < -0.3 is 14.3 Å². The molecule has 0 aromatic heterocycles. The smallest absolute Gasteiger partial charge is 0.337 e. The van der Waals surface area contributed by atoms with E-state index in [1.54, 1.807) is 13.8 Å². The van der Waals surface area contributed by atoms with E-state index >= 15 is 0 Å². The summed E-state index contributed by atoms with van der Waals surface area (Å²) in [6, 6.07) is 9.74. The predicted molar refractivity (Wildman–Crippen MR) is 73.8 cm³/mol. The molecule has 0 saturated heterocycles.